The van der Waals surface area contributed by atoms with Gasteiger partial charge in [-0.25, -0.2) is 4.79 Å². The summed E-state index contributed by atoms with van der Waals surface area (Å²) in [5.74, 6) is 0.948. The number of primary amides is 1. The van der Waals surface area contributed by atoms with Gasteiger partial charge in [-0.2, -0.15) is 0 Å². The fourth-order valence-corrected chi connectivity index (χ4v) is 1.98. The Morgan fingerprint density at radius 2 is 1.89 bits per heavy atom. The van der Waals surface area contributed by atoms with E-state index >= 15 is 0 Å². The van der Waals surface area contributed by atoms with Gasteiger partial charge in [-0.1, -0.05) is 31.2 Å². The van der Waals surface area contributed by atoms with E-state index in [0.717, 1.165) is 22.1 Å². The first-order valence-electron chi connectivity index (χ1n) is 6.10. The third kappa shape index (κ3) is 3.16. The second-order valence-electron chi connectivity index (χ2n) is 4.50. The standard InChI is InChI=1S/C15H17NO3/c1-10(9-19-15(16)17)11-3-4-13-8-14(18-2)6-5-12(13)7-11/h3-8,10H,9H2,1-2H3,(H2,16,17). The van der Waals surface area contributed by atoms with Crippen LogP contribution in [-0.4, -0.2) is 19.8 Å². The summed E-state index contributed by atoms with van der Waals surface area (Å²) in [7, 11) is 1.65. The molecule has 2 aromatic rings. The Kier molecular flexibility index (Phi) is 3.90. The van der Waals surface area contributed by atoms with Crippen molar-refractivity contribution >= 4 is 16.9 Å². The molecule has 0 saturated heterocycles. The van der Waals surface area contributed by atoms with Gasteiger partial charge >= 0.3 is 6.09 Å². The lowest BCUT2D eigenvalue weighted by Crippen LogP contribution is -2.16. The number of amides is 1. The molecule has 0 spiro atoms. The zero-order valence-corrected chi connectivity index (χ0v) is 11.1. The van der Waals surface area contributed by atoms with E-state index in [4.69, 9.17) is 15.2 Å². The van der Waals surface area contributed by atoms with Crippen LogP contribution >= 0.6 is 0 Å². The van der Waals surface area contributed by atoms with Crippen LogP contribution in [-0.2, 0) is 4.74 Å². The fourth-order valence-electron chi connectivity index (χ4n) is 1.98. The number of nitrogens with two attached hydrogens (primary N) is 1. The SMILES string of the molecule is COc1ccc2cc(C(C)COC(N)=O)ccc2c1. The van der Waals surface area contributed by atoms with E-state index in [9.17, 15) is 4.79 Å². The summed E-state index contributed by atoms with van der Waals surface area (Å²) in [4.78, 5) is 10.6. The van der Waals surface area contributed by atoms with Gasteiger partial charge in [0.15, 0.2) is 0 Å². The van der Waals surface area contributed by atoms with E-state index in [-0.39, 0.29) is 12.5 Å². The molecule has 1 atom stereocenters. The van der Waals surface area contributed by atoms with E-state index in [2.05, 4.69) is 6.07 Å². The van der Waals surface area contributed by atoms with Crippen LogP contribution in [0.15, 0.2) is 36.4 Å². The van der Waals surface area contributed by atoms with Gasteiger partial charge in [0.05, 0.1) is 13.7 Å². The van der Waals surface area contributed by atoms with E-state index < -0.39 is 6.09 Å². The number of ether oxygens (including phenoxy) is 2. The van der Waals surface area contributed by atoms with Crippen molar-refractivity contribution in [1.82, 2.24) is 0 Å². The van der Waals surface area contributed by atoms with Crippen molar-refractivity contribution in [2.24, 2.45) is 5.73 Å². The number of methoxy groups -OCH3 is 1. The average molecular weight is 259 g/mol. The van der Waals surface area contributed by atoms with Crippen LogP contribution in [0.3, 0.4) is 0 Å². The molecule has 1 unspecified atom stereocenters. The highest BCUT2D eigenvalue weighted by Crippen LogP contribution is 2.25. The maximum absolute atomic E-state index is 10.6. The molecular formula is C15H17NO3. The van der Waals surface area contributed by atoms with Gasteiger partial charge in [0, 0.05) is 5.92 Å². The highest BCUT2D eigenvalue weighted by Gasteiger charge is 2.08. The lowest BCUT2D eigenvalue weighted by atomic mass is 9.98. The summed E-state index contributed by atoms with van der Waals surface area (Å²) in [6, 6.07) is 12.1. The molecule has 0 aromatic heterocycles. The Morgan fingerprint density at radius 3 is 2.58 bits per heavy atom. The van der Waals surface area contributed by atoms with Crippen LogP contribution < -0.4 is 10.5 Å². The summed E-state index contributed by atoms with van der Waals surface area (Å²) < 4.78 is 10.0. The minimum absolute atomic E-state index is 0.110. The fraction of sp³-hybridized carbons (Fsp3) is 0.267. The molecule has 0 aliphatic heterocycles. The Bertz CT molecular complexity index is 595. The highest BCUT2D eigenvalue weighted by molar-refractivity contribution is 5.84. The molecule has 0 aliphatic rings. The summed E-state index contributed by atoms with van der Waals surface area (Å²) in [6.07, 6.45) is -0.739. The van der Waals surface area contributed by atoms with Gasteiger partial charge in [-0.05, 0) is 28.5 Å². The Balaban J connectivity index is 2.23. The van der Waals surface area contributed by atoms with Crippen molar-refractivity contribution < 1.29 is 14.3 Å². The van der Waals surface area contributed by atoms with Gasteiger partial charge in [0.25, 0.3) is 0 Å². The van der Waals surface area contributed by atoms with Gasteiger partial charge in [0.2, 0.25) is 0 Å². The molecule has 0 bridgehead atoms. The third-order valence-corrected chi connectivity index (χ3v) is 3.12. The summed E-state index contributed by atoms with van der Waals surface area (Å²) in [5.41, 5.74) is 6.08. The predicted octanol–water partition coefficient (Wildman–Crippen LogP) is 3.05. The van der Waals surface area contributed by atoms with Crippen LogP contribution in [0.1, 0.15) is 18.4 Å². The Hall–Kier alpha value is -2.23. The minimum Gasteiger partial charge on any atom is -0.497 e. The molecule has 2 N–H and O–H groups in total. The molecule has 4 heteroatoms. The molecule has 2 aromatic carbocycles. The molecule has 1 amide bonds. The lowest BCUT2D eigenvalue weighted by molar-refractivity contribution is 0.151. The van der Waals surface area contributed by atoms with Crippen molar-refractivity contribution in [2.45, 2.75) is 12.8 Å². The smallest absolute Gasteiger partial charge is 0.404 e. The van der Waals surface area contributed by atoms with Gasteiger partial charge in [0.1, 0.15) is 5.75 Å². The molecule has 0 radical (unpaired) electrons. The van der Waals surface area contributed by atoms with Crippen molar-refractivity contribution in [3.63, 3.8) is 0 Å². The number of fused-ring (bicyclic) bond motifs is 1. The first-order valence-corrected chi connectivity index (χ1v) is 6.10. The molecular weight excluding hydrogens is 242 g/mol. The van der Waals surface area contributed by atoms with Crippen molar-refractivity contribution in [3.8, 4) is 5.75 Å². The highest BCUT2D eigenvalue weighted by atomic mass is 16.5. The van der Waals surface area contributed by atoms with Crippen molar-refractivity contribution in [3.05, 3.63) is 42.0 Å². The second-order valence-corrected chi connectivity index (χ2v) is 4.50. The van der Waals surface area contributed by atoms with Gasteiger partial charge in [-0.15, -0.1) is 0 Å². The van der Waals surface area contributed by atoms with Crippen LogP contribution in [0.2, 0.25) is 0 Å². The number of carbonyl (C=O) groups is 1. The van der Waals surface area contributed by atoms with E-state index in [1.165, 1.54) is 0 Å². The number of hydrogen-bond donors (Lipinski definition) is 1. The normalized spacial score (nSPS) is 12.1. The van der Waals surface area contributed by atoms with Crippen molar-refractivity contribution in [2.75, 3.05) is 13.7 Å². The van der Waals surface area contributed by atoms with Crippen LogP contribution in [0.25, 0.3) is 10.8 Å². The largest absolute Gasteiger partial charge is 0.497 e. The first-order chi connectivity index (χ1) is 9.10. The van der Waals surface area contributed by atoms with Crippen LogP contribution in [0.5, 0.6) is 5.75 Å². The second kappa shape index (κ2) is 5.61. The maximum atomic E-state index is 10.6. The van der Waals surface area contributed by atoms with Crippen LogP contribution in [0, 0.1) is 0 Å². The number of benzene rings is 2. The molecule has 0 heterocycles. The number of carbonyl (C=O) groups excluding carboxylic acids is 1. The Morgan fingerprint density at radius 1 is 1.21 bits per heavy atom. The molecule has 0 aliphatic carbocycles. The van der Waals surface area contributed by atoms with Gasteiger partial charge in [-0.3, -0.25) is 0 Å². The van der Waals surface area contributed by atoms with E-state index in [1.807, 2.05) is 37.3 Å². The topological polar surface area (TPSA) is 61.6 Å². The number of rotatable bonds is 4. The van der Waals surface area contributed by atoms with Gasteiger partial charge < -0.3 is 15.2 Å². The number of hydrogen-bond acceptors (Lipinski definition) is 3. The molecule has 0 fully saturated rings. The van der Waals surface area contributed by atoms with E-state index in [1.54, 1.807) is 7.11 Å². The molecule has 2 rings (SSSR count). The minimum atomic E-state index is -0.739. The molecule has 100 valence electrons. The lowest BCUT2D eigenvalue weighted by Gasteiger charge is -2.12. The van der Waals surface area contributed by atoms with Crippen molar-refractivity contribution in [1.29, 1.82) is 0 Å². The molecule has 4 nitrogen and oxygen atoms in total. The predicted molar refractivity (Wildman–Crippen MR) is 74.5 cm³/mol. The van der Waals surface area contributed by atoms with Crippen LogP contribution in [0.4, 0.5) is 4.79 Å². The quantitative estimate of drug-likeness (QED) is 0.917. The zero-order chi connectivity index (χ0) is 13.8. The average Bonchev–Trinajstić information content (AvgIpc) is 2.43. The Labute approximate surface area is 112 Å². The summed E-state index contributed by atoms with van der Waals surface area (Å²) in [5, 5.41) is 2.25. The molecule has 0 saturated carbocycles. The first kappa shape index (κ1) is 13.2. The summed E-state index contributed by atoms with van der Waals surface area (Å²) in [6.45, 7) is 2.28. The maximum Gasteiger partial charge on any atom is 0.404 e. The third-order valence-electron chi connectivity index (χ3n) is 3.12. The zero-order valence-electron chi connectivity index (χ0n) is 11.1. The van der Waals surface area contributed by atoms with E-state index in [0.29, 0.717) is 0 Å². The summed E-state index contributed by atoms with van der Waals surface area (Å²) >= 11 is 0. The monoisotopic (exact) mass is 259 g/mol. The molecule has 19 heavy (non-hydrogen) atoms.